The molecule has 0 atom stereocenters. The van der Waals surface area contributed by atoms with Crippen molar-refractivity contribution in [2.75, 3.05) is 37.7 Å². The van der Waals surface area contributed by atoms with Crippen LogP contribution in [0.5, 0.6) is 0 Å². The molecule has 3 rings (SSSR count). The SMILES string of the molecule is CCNC(=NCc1ccc(N2CCOCC2)c(F)c1)NCc1c(CC)noc1CC. The number of morpholine rings is 1. The number of rotatable bonds is 8. The van der Waals surface area contributed by atoms with Gasteiger partial charge in [-0.1, -0.05) is 25.1 Å². The number of nitrogens with one attached hydrogen (secondary N) is 2. The largest absolute Gasteiger partial charge is 0.378 e. The van der Waals surface area contributed by atoms with Gasteiger partial charge in [-0.15, -0.1) is 0 Å². The zero-order valence-corrected chi connectivity index (χ0v) is 18.1. The van der Waals surface area contributed by atoms with Crippen LogP contribution in [0.2, 0.25) is 0 Å². The summed E-state index contributed by atoms with van der Waals surface area (Å²) in [7, 11) is 0. The molecule has 1 aliphatic heterocycles. The number of aryl methyl sites for hydroxylation is 2. The van der Waals surface area contributed by atoms with Crippen molar-refractivity contribution >= 4 is 11.6 Å². The molecule has 0 amide bonds. The summed E-state index contributed by atoms with van der Waals surface area (Å²) >= 11 is 0. The van der Waals surface area contributed by atoms with Crippen molar-refractivity contribution in [3.63, 3.8) is 0 Å². The number of aromatic nitrogens is 1. The minimum Gasteiger partial charge on any atom is -0.378 e. The smallest absolute Gasteiger partial charge is 0.191 e. The van der Waals surface area contributed by atoms with E-state index in [1.165, 1.54) is 0 Å². The summed E-state index contributed by atoms with van der Waals surface area (Å²) in [4.78, 5) is 6.64. The van der Waals surface area contributed by atoms with E-state index in [-0.39, 0.29) is 5.82 Å². The van der Waals surface area contributed by atoms with E-state index in [1.54, 1.807) is 6.07 Å². The number of guanidine groups is 1. The van der Waals surface area contributed by atoms with Crippen molar-refractivity contribution in [2.24, 2.45) is 4.99 Å². The van der Waals surface area contributed by atoms with Crippen molar-refractivity contribution < 1.29 is 13.7 Å². The Balaban J connectivity index is 1.66. The standard InChI is InChI=1S/C22H32FN5O2/c1-4-19-17(21(5-2)30-27-19)15-26-22(24-6-3)25-14-16-7-8-20(18(23)13-16)28-9-11-29-12-10-28/h7-8,13H,4-6,9-12,14-15H2,1-3H3,(H2,24,25,26). The molecule has 0 spiro atoms. The number of halogens is 1. The van der Waals surface area contributed by atoms with Gasteiger partial charge in [0.1, 0.15) is 11.6 Å². The minimum absolute atomic E-state index is 0.216. The maximum absolute atomic E-state index is 14.6. The molecule has 0 unspecified atom stereocenters. The Morgan fingerprint density at radius 3 is 2.63 bits per heavy atom. The van der Waals surface area contributed by atoms with Crippen LogP contribution in [0.1, 0.15) is 43.4 Å². The maximum atomic E-state index is 14.6. The average Bonchev–Trinajstić information content (AvgIpc) is 3.18. The molecular formula is C22H32FN5O2. The molecule has 30 heavy (non-hydrogen) atoms. The number of aliphatic imine (C=N–C) groups is 1. The summed E-state index contributed by atoms with van der Waals surface area (Å²) in [5.41, 5.74) is 3.51. The Morgan fingerprint density at radius 2 is 1.97 bits per heavy atom. The van der Waals surface area contributed by atoms with Gasteiger partial charge in [0.25, 0.3) is 0 Å². The van der Waals surface area contributed by atoms with Crippen LogP contribution in [0.4, 0.5) is 10.1 Å². The number of ether oxygens (including phenoxy) is 1. The molecule has 0 saturated carbocycles. The van der Waals surface area contributed by atoms with Crippen LogP contribution in [0, 0.1) is 5.82 Å². The lowest BCUT2D eigenvalue weighted by Crippen LogP contribution is -2.37. The fourth-order valence-corrected chi connectivity index (χ4v) is 3.53. The third-order valence-corrected chi connectivity index (χ3v) is 5.17. The second-order valence-corrected chi connectivity index (χ2v) is 7.17. The molecular weight excluding hydrogens is 385 g/mol. The number of anilines is 1. The zero-order chi connectivity index (χ0) is 21.3. The molecule has 7 nitrogen and oxygen atoms in total. The topological polar surface area (TPSA) is 74.9 Å². The fourth-order valence-electron chi connectivity index (χ4n) is 3.53. The van der Waals surface area contributed by atoms with E-state index >= 15 is 0 Å². The van der Waals surface area contributed by atoms with Crippen LogP contribution in [0.15, 0.2) is 27.7 Å². The van der Waals surface area contributed by atoms with E-state index in [0.29, 0.717) is 51.0 Å². The lowest BCUT2D eigenvalue weighted by atomic mass is 10.1. The average molecular weight is 418 g/mol. The summed E-state index contributed by atoms with van der Waals surface area (Å²) < 4.78 is 25.4. The fraction of sp³-hybridized carbons (Fsp3) is 0.545. The predicted molar refractivity (Wildman–Crippen MR) is 116 cm³/mol. The Labute approximate surface area is 177 Å². The van der Waals surface area contributed by atoms with Gasteiger partial charge < -0.3 is 24.8 Å². The summed E-state index contributed by atoms with van der Waals surface area (Å²) in [6.07, 6.45) is 1.62. The summed E-state index contributed by atoms with van der Waals surface area (Å²) in [5.74, 6) is 1.36. The molecule has 2 aromatic rings. The number of hydrogen-bond acceptors (Lipinski definition) is 5. The third kappa shape index (κ3) is 5.50. The van der Waals surface area contributed by atoms with E-state index in [0.717, 1.165) is 42.0 Å². The van der Waals surface area contributed by atoms with E-state index < -0.39 is 0 Å². The Morgan fingerprint density at radius 1 is 1.17 bits per heavy atom. The first kappa shape index (κ1) is 22.1. The highest BCUT2D eigenvalue weighted by molar-refractivity contribution is 5.79. The molecule has 1 aromatic carbocycles. The highest BCUT2D eigenvalue weighted by Gasteiger charge is 2.16. The Bertz CT molecular complexity index is 825. The van der Waals surface area contributed by atoms with Gasteiger partial charge in [0, 0.05) is 38.2 Å². The highest BCUT2D eigenvalue weighted by atomic mass is 19.1. The molecule has 8 heteroatoms. The summed E-state index contributed by atoms with van der Waals surface area (Å²) in [6, 6.07) is 5.34. The van der Waals surface area contributed by atoms with Crippen molar-refractivity contribution in [3.8, 4) is 0 Å². The van der Waals surface area contributed by atoms with Crippen molar-refractivity contribution in [2.45, 2.75) is 46.7 Å². The van der Waals surface area contributed by atoms with Crippen LogP contribution in [-0.2, 0) is 30.7 Å². The molecule has 0 bridgehead atoms. The van der Waals surface area contributed by atoms with E-state index in [1.807, 2.05) is 24.0 Å². The molecule has 1 saturated heterocycles. The van der Waals surface area contributed by atoms with E-state index in [9.17, 15) is 4.39 Å². The molecule has 164 valence electrons. The molecule has 1 fully saturated rings. The minimum atomic E-state index is -0.216. The first-order valence-electron chi connectivity index (χ1n) is 10.8. The zero-order valence-electron chi connectivity index (χ0n) is 18.1. The highest BCUT2D eigenvalue weighted by Crippen LogP contribution is 2.22. The van der Waals surface area contributed by atoms with Gasteiger partial charge in [-0.2, -0.15) is 0 Å². The second kappa shape index (κ2) is 11.0. The Hall–Kier alpha value is -2.61. The lowest BCUT2D eigenvalue weighted by molar-refractivity contribution is 0.122. The van der Waals surface area contributed by atoms with Crippen molar-refractivity contribution in [1.82, 2.24) is 15.8 Å². The number of nitrogens with zero attached hydrogens (tertiary/aromatic N) is 3. The monoisotopic (exact) mass is 417 g/mol. The van der Waals surface area contributed by atoms with Crippen LogP contribution < -0.4 is 15.5 Å². The molecule has 0 radical (unpaired) electrons. The van der Waals surface area contributed by atoms with Crippen LogP contribution in [0.3, 0.4) is 0 Å². The lowest BCUT2D eigenvalue weighted by Gasteiger charge is -2.29. The number of benzene rings is 1. The van der Waals surface area contributed by atoms with Gasteiger partial charge in [0.15, 0.2) is 5.96 Å². The predicted octanol–water partition coefficient (Wildman–Crippen LogP) is 3.03. The van der Waals surface area contributed by atoms with Crippen LogP contribution in [0.25, 0.3) is 0 Å². The van der Waals surface area contributed by atoms with Crippen LogP contribution in [-0.4, -0.2) is 44.0 Å². The van der Waals surface area contributed by atoms with E-state index in [4.69, 9.17) is 9.26 Å². The first-order valence-corrected chi connectivity index (χ1v) is 10.8. The van der Waals surface area contributed by atoms with Gasteiger partial charge >= 0.3 is 0 Å². The van der Waals surface area contributed by atoms with Gasteiger partial charge in [0.2, 0.25) is 0 Å². The van der Waals surface area contributed by atoms with Crippen molar-refractivity contribution in [3.05, 3.63) is 46.6 Å². The number of hydrogen-bond donors (Lipinski definition) is 2. The molecule has 0 aliphatic carbocycles. The van der Waals surface area contributed by atoms with Gasteiger partial charge in [-0.3, -0.25) is 0 Å². The van der Waals surface area contributed by atoms with E-state index in [2.05, 4.69) is 34.6 Å². The first-order chi connectivity index (χ1) is 14.7. The third-order valence-electron chi connectivity index (χ3n) is 5.17. The summed E-state index contributed by atoms with van der Waals surface area (Å²) in [5, 5.41) is 10.7. The summed E-state index contributed by atoms with van der Waals surface area (Å²) in [6.45, 7) is 10.5. The molecule has 2 heterocycles. The molecule has 1 aliphatic rings. The molecule has 1 aromatic heterocycles. The molecule has 2 N–H and O–H groups in total. The maximum Gasteiger partial charge on any atom is 0.191 e. The van der Waals surface area contributed by atoms with Gasteiger partial charge in [0.05, 0.1) is 31.1 Å². The second-order valence-electron chi connectivity index (χ2n) is 7.17. The Kier molecular flexibility index (Phi) is 8.07. The quantitative estimate of drug-likeness (QED) is 0.508. The van der Waals surface area contributed by atoms with Crippen LogP contribution >= 0.6 is 0 Å². The normalized spacial score (nSPS) is 14.8. The van der Waals surface area contributed by atoms with Crippen molar-refractivity contribution in [1.29, 1.82) is 0 Å². The van der Waals surface area contributed by atoms with Gasteiger partial charge in [-0.05, 0) is 31.0 Å². The van der Waals surface area contributed by atoms with Gasteiger partial charge in [-0.25, -0.2) is 9.38 Å².